The van der Waals surface area contributed by atoms with Gasteiger partial charge in [-0.15, -0.1) is 0 Å². The van der Waals surface area contributed by atoms with Gasteiger partial charge in [-0.25, -0.2) is 0 Å². The fourth-order valence-electron chi connectivity index (χ4n) is 4.22. The Kier molecular flexibility index (Phi) is 2.21. The number of rotatable bonds is 0. The molecule has 3 atom stereocenters. The number of carbonyl (C=O) groups is 1. The van der Waals surface area contributed by atoms with Crippen LogP contribution in [0.4, 0.5) is 0 Å². The molecule has 0 N–H and O–H groups in total. The van der Waals surface area contributed by atoms with E-state index in [-0.39, 0.29) is 21.9 Å². The maximum Gasteiger partial charge on any atom is 0.174 e. The Morgan fingerprint density at radius 3 is 2.56 bits per heavy atom. The number of halogens is 1. The van der Waals surface area contributed by atoms with Gasteiger partial charge in [-0.05, 0) is 19.8 Å². The van der Waals surface area contributed by atoms with Crippen LogP contribution in [0.5, 0.6) is 0 Å². The predicted octanol–water partition coefficient (Wildman–Crippen LogP) is 1.79. The Balaban J connectivity index is 1.63. The Hall–Kier alpha value is 0.0300. The zero-order chi connectivity index (χ0) is 12.6. The average molecular weight is 317 g/mol. The third-order valence-electron chi connectivity index (χ3n) is 5.08. The van der Waals surface area contributed by atoms with Gasteiger partial charge in [0.25, 0.3) is 0 Å². The average Bonchev–Trinajstić information content (AvgIpc) is 2.74. The van der Waals surface area contributed by atoms with Crippen LogP contribution in [0.1, 0.15) is 32.6 Å². The van der Waals surface area contributed by atoms with E-state index >= 15 is 0 Å². The number of fused-ring (bicyclic) bond motifs is 2. The maximum absolute atomic E-state index is 12.4. The van der Waals surface area contributed by atoms with Crippen LogP contribution >= 0.6 is 15.9 Å². The summed E-state index contributed by atoms with van der Waals surface area (Å²) in [6, 6.07) is 0. The third kappa shape index (κ3) is 1.29. The van der Waals surface area contributed by atoms with E-state index in [1.54, 1.807) is 0 Å². The minimum atomic E-state index is -0.448. The van der Waals surface area contributed by atoms with E-state index in [0.29, 0.717) is 31.8 Å². The summed E-state index contributed by atoms with van der Waals surface area (Å²) in [5.74, 6) is -0.124. The van der Waals surface area contributed by atoms with Crippen molar-refractivity contribution in [2.45, 2.75) is 54.4 Å². The van der Waals surface area contributed by atoms with E-state index in [4.69, 9.17) is 14.2 Å². The number of Topliss-reactive ketones (excluding diaryl/α,β-unsaturated/α-hetero) is 1. The molecule has 0 aromatic heterocycles. The Bertz CT molecular complexity index is 409. The van der Waals surface area contributed by atoms with Gasteiger partial charge in [0.1, 0.15) is 4.83 Å². The van der Waals surface area contributed by atoms with Gasteiger partial charge in [0, 0.05) is 18.8 Å². The van der Waals surface area contributed by atoms with Crippen LogP contribution in [0.3, 0.4) is 0 Å². The first-order valence-corrected chi connectivity index (χ1v) is 7.56. The highest BCUT2D eigenvalue weighted by atomic mass is 79.9. The van der Waals surface area contributed by atoms with E-state index in [1.165, 1.54) is 0 Å². The summed E-state index contributed by atoms with van der Waals surface area (Å²) in [5.41, 5.74) is -0.676. The van der Waals surface area contributed by atoms with Gasteiger partial charge in [-0.1, -0.05) is 15.9 Å². The summed E-state index contributed by atoms with van der Waals surface area (Å²) >= 11 is 3.51. The number of hydrogen-bond donors (Lipinski definition) is 0. The van der Waals surface area contributed by atoms with Gasteiger partial charge in [-0.2, -0.15) is 0 Å². The van der Waals surface area contributed by atoms with Crippen LogP contribution in [0, 0.1) is 5.92 Å². The molecule has 100 valence electrons. The normalized spacial score (nSPS) is 47.8. The second-order valence-electron chi connectivity index (χ2n) is 6.30. The molecule has 5 heteroatoms. The second kappa shape index (κ2) is 3.37. The lowest BCUT2D eigenvalue weighted by molar-refractivity contribution is -0.351. The Morgan fingerprint density at radius 2 is 1.94 bits per heavy atom. The summed E-state index contributed by atoms with van der Waals surface area (Å²) < 4.78 is 17.7. The molecule has 3 unspecified atom stereocenters. The van der Waals surface area contributed by atoms with Gasteiger partial charge in [0.15, 0.2) is 11.6 Å². The lowest BCUT2D eigenvalue weighted by Gasteiger charge is -2.64. The molecule has 0 aromatic rings. The summed E-state index contributed by atoms with van der Waals surface area (Å²) in [5, 5.41) is 0. The maximum atomic E-state index is 12.4. The minimum absolute atomic E-state index is 0.0159. The first-order valence-electron chi connectivity index (χ1n) is 6.65. The van der Waals surface area contributed by atoms with Crippen LogP contribution < -0.4 is 0 Å². The molecule has 5 fully saturated rings. The van der Waals surface area contributed by atoms with Crippen molar-refractivity contribution in [2.24, 2.45) is 5.92 Å². The molecule has 3 aliphatic heterocycles. The molecule has 18 heavy (non-hydrogen) atoms. The van der Waals surface area contributed by atoms with Gasteiger partial charge < -0.3 is 14.2 Å². The summed E-state index contributed by atoms with van der Waals surface area (Å²) in [6.07, 6.45) is 3.32. The fraction of sp³-hybridized carbons (Fsp3) is 0.923. The molecule has 3 saturated heterocycles. The monoisotopic (exact) mass is 316 g/mol. The number of hydrogen-bond acceptors (Lipinski definition) is 4. The lowest BCUT2D eigenvalue weighted by Crippen LogP contribution is -2.74. The van der Waals surface area contributed by atoms with Crippen LogP contribution in [-0.4, -0.2) is 40.8 Å². The Morgan fingerprint density at radius 1 is 1.28 bits per heavy atom. The fourth-order valence-corrected chi connectivity index (χ4v) is 4.86. The number of ketones is 1. The van der Waals surface area contributed by atoms with Crippen LogP contribution in [0.25, 0.3) is 0 Å². The third-order valence-corrected chi connectivity index (χ3v) is 6.50. The van der Waals surface area contributed by atoms with Crippen molar-refractivity contribution in [3.63, 3.8) is 0 Å². The summed E-state index contributed by atoms with van der Waals surface area (Å²) in [7, 11) is 0. The standard InChI is InChI=1S/C13H17BrO4/c1-11-3-2-8(9(15)10(11)14)12(18-11)6-13(7-12)16-4-5-17-13/h8,10H,2-7H2,1H3. The summed E-state index contributed by atoms with van der Waals surface area (Å²) in [6.45, 7) is 3.36. The van der Waals surface area contributed by atoms with Crippen molar-refractivity contribution >= 4 is 21.7 Å². The molecule has 2 aliphatic carbocycles. The minimum Gasteiger partial charge on any atom is -0.366 e. The molecular weight excluding hydrogens is 300 g/mol. The van der Waals surface area contributed by atoms with Gasteiger partial charge >= 0.3 is 0 Å². The van der Waals surface area contributed by atoms with Crippen molar-refractivity contribution in [3.8, 4) is 0 Å². The quantitative estimate of drug-likeness (QED) is 0.639. The lowest BCUT2D eigenvalue weighted by atomic mass is 9.57. The molecule has 5 aliphatic rings. The predicted molar refractivity (Wildman–Crippen MR) is 66.5 cm³/mol. The molecule has 2 saturated carbocycles. The molecule has 0 radical (unpaired) electrons. The first-order chi connectivity index (χ1) is 8.49. The van der Waals surface area contributed by atoms with E-state index in [2.05, 4.69) is 15.9 Å². The largest absolute Gasteiger partial charge is 0.366 e. The van der Waals surface area contributed by atoms with Crippen molar-refractivity contribution in [1.82, 2.24) is 0 Å². The van der Waals surface area contributed by atoms with Crippen LogP contribution in [0.15, 0.2) is 0 Å². The topological polar surface area (TPSA) is 44.8 Å². The molecule has 4 nitrogen and oxygen atoms in total. The number of carbonyl (C=O) groups excluding carboxylic acids is 1. The number of alkyl halides is 1. The highest BCUT2D eigenvalue weighted by Gasteiger charge is 2.71. The molecule has 0 amide bonds. The summed E-state index contributed by atoms with van der Waals surface area (Å²) in [4.78, 5) is 12.2. The van der Waals surface area contributed by atoms with E-state index in [1.807, 2.05) is 6.92 Å². The molecule has 5 rings (SSSR count). The Labute approximate surface area is 114 Å². The van der Waals surface area contributed by atoms with Crippen molar-refractivity contribution in [1.29, 1.82) is 0 Å². The first kappa shape index (κ1) is 11.8. The van der Waals surface area contributed by atoms with Crippen molar-refractivity contribution in [3.05, 3.63) is 0 Å². The van der Waals surface area contributed by atoms with Gasteiger partial charge in [0.05, 0.1) is 24.4 Å². The highest BCUT2D eigenvalue weighted by Crippen LogP contribution is 2.62. The van der Waals surface area contributed by atoms with Crippen LogP contribution in [0.2, 0.25) is 0 Å². The molecule has 2 bridgehead atoms. The molecule has 3 heterocycles. The smallest absolute Gasteiger partial charge is 0.174 e. The number of ether oxygens (including phenoxy) is 3. The van der Waals surface area contributed by atoms with E-state index in [9.17, 15) is 4.79 Å². The zero-order valence-electron chi connectivity index (χ0n) is 10.4. The van der Waals surface area contributed by atoms with Gasteiger partial charge in [-0.3, -0.25) is 4.79 Å². The van der Waals surface area contributed by atoms with Crippen molar-refractivity contribution in [2.75, 3.05) is 13.2 Å². The highest BCUT2D eigenvalue weighted by molar-refractivity contribution is 9.10. The zero-order valence-corrected chi connectivity index (χ0v) is 12.0. The molecule has 0 aromatic carbocycles. The van der Waals surface area contributed by atoms with Crippen molar-refractivity contribution < 1.29 is 19.0 Å². The molecular formula is C13H17BrO4. The SMILES string of the molecule is CC12CCC(C(=O)C1Br)C1(CC3(C1)OCCO3)O2. The van der Waals surface area contributed by atoms with E-state index in [0.717, 1.165) is 12.8 Å². The second-order valence-corrected chi connectivity index (χ2v) is 7.21. The van der Waals surface area contributed by atoms with E-state index < -0.39 is 5.79 Å². The van der Waals surface area contributed by atoms with Crippen LogP contribution in [-0.2, 0) is 19.0 Å². The molecule has 2 spiro atoms. The van der Waals surface area contributed by atoms with Gasteiger partial charge in [0.2, 0.25) is 0 Å².